The highest BCUT2D eigenvalue weighted by atomic mass is 19.4. The summed E-state index contributed by atoms with van der Waals surface area (Å²) < 4.78 is 39.9. The van der Waals surface area contributed by atoms with E-state index in [-0.39, 0.29) is 24.1 Å². The van der Waals surface area contributed by atoms with E-state index in [1.165, 1.54) is 12.1 Å². The number of anilines is 1. The largest absolute Gasteiger partial charge is 0.573 e. The first-order valence-corrected chi connectivity index (χ1v) is 7.01. The van der Waals surface area contributed by atoms with Crippen LogP contribution >= 0.6 is 0 Å². The molecule has 0 saturated carbocycles. The Hall–Kier alpha value is -2.27. The van der Waals surface area contributed by atoms with Crippen molar-refractivity contribution in [3.63, 3.8) is 0 Å². The van der Waals surface area contributed by atoms with Crippen molar-refractivity contribution in [3.8, 4) is 11.8 Å². The number of carbonyl (C=O) groups is 1. The lowest BCUT2D eigenvalue weighted by molar-refractivity contribution is -0.274. The maximum atomic E-state index is 12.0. The zero-order chi connectivity index (χ0) is 17.5. The van der Waals surface area contributed by atoms with Crippen LogP contribution in [0.5, 0.6) is 5.75 Å². The van der Waals surface area contributed by atoms with Gasteiger partial charge >= 0.3 is 6.36 Å². The van der Waals surface area contributed by atoms with Gasteiger partial charge in [0.2, 0.25) is 5.91 Å². The summed E-state index contributed by atoms with van der Waals surface area (Å²) in [5, 5.41) is 11.4. The Balaban J connectivity index is 2.55. The fourth-order valence-electron chi connectivity index (χ4n) is 1.88. The monoisotopic (exact) mass is 329 g/mol. The summed E-state index contributed by atoms with van der Waals surface area (Å²) in [7, 11) is 0. The van der Waals surface area contributed by atoms with E-state index in [2.05, 4.69) is 16.1 Å². The Bertz CT molecular complexity index is 553. The molecule has 1 amide bonds. The second kappa shape index (κ2) is 8.39. The van der Waals surface area contributed by atoms with Gasteiger partial charge in [-0.3, -0.25) is 9.69 Å². The third kappa shape index (κ3) is 7.51. The molecule has 1 rings (SSSR count). The van der Waals surface area contributed by atoms with Crippen molar-refractivity contribution in [3.05, 3.63) is 24.3 Å². The molecule has 8 heteroatoms. The normalized spacial score (nSPS) is 12.6. The van der Waals surface area contributed by atoms with Crippen LogP contribution in [0, 0.1) is 17.2 Å². The Morgan fingerprint density at radius 3 is 2.48 bits per heavy atom. The average Bonchev–Trinajstić information content (AvgIpc) is 2.46. The molecule has 0 bridgehead atoms. The Morgan fingerprint density at radius 1 is 1.39 bits per heavy atom. The lowest BCUT2D eigenvalue weighted by Gasteiger charge is -2.20. The minimum absolute atomic E-state index is 0.101. The van der Waals surface area contributed by atoms with Crippen molar-refractivity contribution in [2.75, 3.05) is 25.0 Å². The van der Waals surface area contributed by atoms with Crippen LogP contribution < -0.4 is 10.1 Å². The molecular formula is C15H18F3N3O2. The quantitative estimate of drug-likeness (QED) is 0.835. The van der Waals surface area contributed by atoms with Crippen LogP contribution in [0.25, 0.3) is 0 Å². The molecular weight excluding hydrogens is 311 g/mol. The highest BCUT2D eigenvalue weighted by molar-refractivity contribution is 5.92. The second-order valence-corrected chi connectivity index (χ2v) is 4.98. The minimum atomic E-state index is -4.75. The van der Waals surface area contributed by atoms with Gasteiger partial charge in [0.15, 0.2) is 0 Å². The third-order valence-electron chi connectivity index (χ3n) is 2.94. The van der Waals surface area contributed by atoms with E-state index in [1.54, 1.807) is 6.92 Å². The Kier molecular flexibility index (Phi) is 6.85. The molecule has 5 nitrogen and oxygen atoms in total. The van der Waals surface area contributed by atoms with Crippen LogP contribution in [-0.2, 0) is 4.79 Å². The second-order valence-electron chi connectivity index (χ2n) is 4.98. The summed E-state index contributed by atoms with van der Waals surface area (Å²) in [6.07, 6.45) is -4.75. The fourth-order valence-corrected chi connectivity index (χ4v) is 1.88. The molecule has 0 aliphatic rings. The highest BCUT2D eigenvalue weighted by Crippen LogP contribution is 2.23. The Labute approximate surface area is 132 Å². The van der Waals surface area contributed by atoms with Gasteiger partial charge in [-0.05, 0) is 37.7 Å². The van der Waals surface area contributed by atoms with Crippen LogP contribution in [-0.4, -0.2) is 36.8 Å². The van der Waals surface area contributed by atoms with E-state index in [4.69, 9.17) is 5.26 Å². The number of alkyl halides is 3. The lowest BCUT2D eigenvalue weighted by atomic mass is 10.2. The van der Waals surface area contributed by atoms with E-state index in [0.717, 1.165) is 12.1 Å². The fraction of sp³-hybridized carbons (Fsp3) is 0.467. The van der Waals surface area contributed by atoms with Crippen molar-refractivity contribution in [1.29, 1.82) is 5.26 Å². The standard InChI is InChI=1S/C15H18F3N3O2/c1-3-21(9-11(2)8-19)10-14(22)20-12-4-6-13(7-5-12)23-15(16,17)18/h4-7,11H,3,9-10H2,1-2H3,(H,20,22). The number of halogens is 3. The van der Waals surface area contributed by atoms with Crippen molar-refractivity contribution < 1.29 is 22.7 Å². The van der Waals surface area contributed by atoms with Crippen molar-refractivity contribution in [2.24, 2.45) is 5.92 Å². The first-order chi connectivity index (χ1) is 10.7. The number of nitriles is 1. The minimum Gasteiger partial charge on any atom is -0.406 e. The number of nitrogens with one attached hydrogen (secondary N) is 1. The van der Waals surface area contributed by atoms with Crippen LogP contribution in [0.2, 0.25) is 0 Å². The van der Waals surface area contributed by atoms with Gasteiger partial charge in [0.05, 0.1) is 18.5 Å². The first kappa shape index (κ1) is 18.8. The third-order valence-corrected chi connectivity index (χ3v) is 2.94. The molecule has 0 aliphatic heterocycles. The number of hydrogen-bond donors (Lipinski definition) is 1. The van der Waals surface area contributed by atoms with E-state index in [9.17, 15) is 18.0 Å². The molecule has 0 radical (unpaired) electrons. The van der Waals surface area contributed by atoms with Crippen molar-refractivity contribution in [1.82, 2.24) is 4.90 Å². The number of carbonyl (C=O) groups excluding carboxylic acids is 1. The van der Waals surface area contributed by atoms with Gasteiger partial charge < -0.3 is 10.1 Å². The van der Waals surface area contributed by atoms with Crippen molar-refractivity contribution >= 4 is 11.6 Å². The smallest absolute Gasteiger partial charge is 0.406 e. The zero-order valence-corrected chi connectivity index (χ0v) is 12.9. The number of hydrogen-bond acceptors (Lipinski definition) is 4. The van der Waals surface area contributed by atoms with E-state index < -0.39 is 6.36 Å². The number of rotatable bonds is 7. The summed E-state index contributed by atoms with van der Waals surface area (Å²) in [5.74, 6) is -0.850. The molecule has 0 fully saturated rings. The van der Waals surface area contributed by atoms with Gasteiger partial charge in [0, 0.05) is 12.2 Å². The highest BCUT2D eigenvalue weighted by Gasteiger charge is 2.30. The summed E-state index contributed by atoms with van der Waals surface area (Å²) >= 11 is 0. The molecule has 1 N–H and O–H groups in total. The zero-order valence-electron chi connectivity index (χ0n) is 12.9. The maximum absolute atomic E-state index is 12.0. The summed E-state index contributed by atoms with van der Waals surface area (Å²) in [4.78, 5) is 13.7. The van der Waals surface area contributed by atoms with Gasteiger partial charge in [-0.1, -0.05) is 6.92 Å². The molecule has 23 heavy (non-hydrogen) atoms. The molecule has 1 aromatic rings. The summed E-state index contributed by atoms with van der Waals surface area (Å²) in [6.45, 7) is 4.82. The lowest BCUT2D eigenvalue weighted by Crippen LogP contribution is -2.35. The topological polar surface area (TPSA) is 65.4 Å². The number of ether oxygens (including phenoxy) is 1. The molecule has 0 aliphatic carbocycles. The van der Waals surface area contributed by atoms with Gasteiger partial charge in [-0.2, -0.15) is 5.26 Å². The molecule has 0 spiro atoms. The van der Waals surface area contributed by atoms with E-state index >= 15 is 0 Å². The van der Waals surface area contributed by atoms with Gasteiger partial charge in [0.1, 0.15) is 5.75 Å². The molecule has 1 atom stereocenters. The number of benzene rings is 1. The molecule has 0 heterocycles. The van der Waals surface area contributed by atoms with Gasteiger partial charge in [0.25, 0.3) is 0 Å². The molecule has 126 valence electrons. The summed E-state index contributed by atoms with van der Waals surface area (Å²) in [6, 6.07) is 7.00. The number of nitrogens with zero attached hydrogens (tertiary/aromatic N) is 2. The molecule has 0 aromatic heterocycles. The number of likely N-dealkylation sites (N-methyl/N-ethyl adjacent to an activating group) is 1. The van der Waals surface area contributed by atoms with Crippen LogP contribution in [0.3, 0.4) is 0 Å². The SMILES string of the molecule is CCN(CC(=O)Nc1ccc(OC(F)(F)F)cc1)CC(C)C#N. The van der Waals surface area contributed by atoms with Crippen LogP contribution in [0.15, 0.2) is 24.3 Å². The van der Waals surface area contributed by atoms with Crippen molar-refractivity contribution in [2.45, 2.75) is 20.2 Å². The number of amides is 1. The maximum Gasteiger partial charge on any atom is 0.573 e. The van der Waals surface area contributed by atoms with Gasteiger partial charge in [-0.25, -0.2) is 0 Å². The molecule has 0 saturated heterocycles. The van der Waals surface area contributed by atoms with Crippen LogP contribution in [0.4, 0.5) is 18.9 Å². The molecule has 1 unspecified atom stereocenters. The van der Waals surface area contributed by atoms with Gasteiger partial charge in [-0.15, -0.1) is 13.2 Å². The van der Waals surface area contributed by atoms with E-state index in [0.29, 0.717) is 18.8 Å². The summed E-state index contributed by atoms with van der Waals surface area (Å²) in [5.41, 5.74) is 0.369. The molecule has 1 aromatic carbocycles. The first-order valence-electron chi connectivity index (χ1n) is 7.01. The predicted octanol–water partition coefficient (Wildman–Crippen LogP) is 3.01. The Morgan fingerprint density at radius 2 is 2.00 bits per heavy atom. The van der Waals surface area contributed by atoms with Crippen LogP contribution in [0.1, 0.15) is 13.8 Å². The van der Waals surface area contributed by atoms with E-state index in [1.807, 2.05) is 11.8 Å². The average molecular weight is 329 g/mol. The predicted molar refractivity (Wildman–Crippen MR) is 78.6 cm³/mol.